The first-order chi connectivity index (χ1) is 9.46. The average Bonchev–Trinajstić information content (AvgIpc) is 2.39. The van der Waals surface area contributed by atoms with Gasteiger partial charge in [-0.05, 0) is 30.7 Å². The molecule has 0 aliphatic heterocycles. The van der Waals surface area contributed by atoms with Crippen molar-refractivity contribution >= 4 is 23.2 Å². The second-order valence-electron chi connectivity index (χ2n) is 4.64. The summed E-state index contributed by atoms with van der Waals surface area (Å²) < 4.78 is 13.4. The minimum atomic E-state index is -0.549. The van der Waals surface area contributed by atoms with Crippen LogP contribution in [0.1, 0.15) is 26.7 Å². The Bertz CT molecular complexity index is 487. The third kappa shape index (κ3) is 4.97. The lowest BCUT2D eigenvalue weighted by atomic mass is 10.0. The van der Waals surface area contributed by atoms with E-state index in [9.17, 15) is 14.0 Å². The van der Waals surface area contributed by atoms with Crippen molar-refractivity contribution < 1.29 is 14.0 Å². The summed E-state index contributed by atoms with van der Waals surface area (Å²) in [5.74, 6) is -0.971. The molecule has 0 spiro atoms. The van der Waals surface area contributed by atoms with E-state index in [0.717, 1.165) is 6.42 Å². The van der Waals surface area contributed by atoms with E-state index < -0.39 is 5.82 Å². The van der Waals surface area contributed by atoms with Crippen LogP contribution in [0, 0.1) is 11.7 Å². The van der Waals surface area contributed by atoms with Gasteiger partial charge in [-0.1, -0.05) is 13.3 Å². The van der Waals surface area contributed by atoms with Crippen molar-refractivity contribution in [1.29, 1.82) is 0 Å². The Labute approximate surface area is 117 Å². The second-order valence-corrected chi connectivity index (χ2v) is 4.64. The summed E-state index contributed by atoms with van der Waals surface area (Å²) in [5.41, 5.74) is 6.03. The third-order valence-electron chi connectivity index (χ3n) is 2.95. The molecule has 1 aromatic carbocycles. The van der Waals surface area contributed by atoms with E-state index in [1.807, 2.05) is 6.92 Å². The number of hydrogen-bond acceptors (Lipinski definition) is 3. The van der Waals surface area contributed by atoms with Gasteiger partial charge in [-0.15, -0.1) is 0 Å². The number of hydrogen-bond donors (Lipinski definition) is 3. The molecule has 6 heteroatoms. The van der Waals surface area contributed by atoms with Crippen molar-refractivity contribution in [1.82, 2.24) is 0 Å². The number of carbonyl (C=O) groups is 2. The molecular formula is C14H20FN3O2. The van der Waals surface area contributed by atoms with E-state index in [0.29, 0.717) is 18.7 Å². The molecule has 0 bridgehead atoms. The lowest BCUT2D eigenvalue weighted by Gasteiger charge is -2.13. The number of benzene rings is 1. The fourth-order valence-electron chi connectivity index (χ4n) is 1.76. The smallest absolute Gasteiger partial charge is 0.224 e. The number of nitrogens with one attached hydrogen (secondary N) is 2. The molecule has 0 aliphatic carbocycles. The quantitative estimate of drug-likeness (QED) is 0.746. The molecule has 1 rings (SSSR count). The summed E-state index contributed by atoms with van der Waals surface area (Å²) in [7, 11) is 0. The fraction of sp³-hybridized carbons (Fsp3) is 0.429. The lowest BCUT2D eigenvalue weighted by Crippen LogP contribution is -2.21. The Kier molecular flexibility index (Phi) is 6.11. The van der Waals surface area contributed by atoms with Crippen LogP contribution in [-0.4, -0.2) is 18.4 Å². The zero-order valence-corrected chi connectivity index (χ0v) is 11.7. The maximum Gasteiger partial charge on any atom is 0.224 e. The highest BCUT2D eigenvalue weighted by Gasteiger charge is 2.12. The van der Waals surface area contributed by atoms with Crippen LogP contribution in [0.4, 0.5) is 15.8 Å². The van der Waals surface area contributed by atoms with Crippen LogP contribution in [0.2, 0.25) is 0 Å². The number of anilines is 2. The van der Waals surface area contributed by atoms with Gasteiger partial charge >= 0.3 is 0 Å². The molecular weight excluding hydrogens is 261 g/mol. The van der Waals surface area contributed by atoms with Crippen LogP contribution in [0.15, 0.2) is 18.2 Å². The molecule has 0 heterocycles. The normalized spacial score (nSPS) is 11.8. The number of rotatable bonds is 6. The first kappa shape index (κ1) is 16.1. The van der Waals surface area contributed by atoms with Crippen LogP contribution in [0.3, 0.4) is 0 Å². The molecule has 0 saturated carbocycles. The van der Waals surface area contributed by atoms with Crippen molar-refractivity contribution in [3.05, 3.63) is 24.0 Å². The van der Waals surface area contributed by atoms with Crippen LogP contribution in [0.5, 0.6) is 0 Å². The number of halogens is 1. The van der Waals surface area contributed by atoms with Gasteiger partial charge in [0, 0.05) is 19.0 Å². The van der Waals surface area contributed by atoms with E-state index in [2.05, 4.69) is 10.6 Å². The Hall–Kier alpha value is -1.95. The van der Waals surface area contributed by atoms with Crippen LogP contribution in [-0.2, 0) is 9.59 Å². The highest BCUT2D eigenvalue weighted by molar-refractivity contribution is 5.93. The monoisotopic (exact) mass is 281 g/mol. The highest BCUT2D eigenvalue weighted by atomic mass is 19.1. The molecule has 2 amide bonds. The standard InChI is InChI=1S/C14H20FN3O2/c1-3-10(8-16)6-14(20)18-11-4-5-12(15)13(7-11)17-9(2)19/h4-5,7,10H,3,6,8,16H2,1-2H3,(H,17,19)(H,18,20). The van der Waals surface area contributed by atoms with E-state index in [4.69, 9.17) is 5.73 Å². The maximum absolute atomic E-state index is 13.4. The lowest BCUT2D eigenvalue weighted by molar-refractivity contribution is -0.117. The molecule has 1 atom stereocenters. The summed E-state index contributed by atoms with van der Waals surface area (Å²) in [6.45, 7) is 3.71. The van der Waals surface area contributed by atoms with Crippen molar-refractivity contribution in [2.45, 2.75) is 26.7 Å². The highest BCUT2D eigenvalue weighted by Crippen LogP contribution is 2.20. The fourth-order valence-corrected chi connectivity index (χ4v) is 1.76. The van der Waals surface area contributed by atoms with Gasteiger partial charge in [-0.3, -0.25) is 9.59 Å². The number of carbonyl (C=O) groups excluding carboxylic acids is 2. The number of nitrogens with two attached hydrogens (primary N) is 1. The van der Waals surface area contributed by atoms with Crippen molar-refractivity contribution in [2.24, 2.45) is 11.7 Å². The van der Waals surface area contributed by atoms with Crippen LogP contribution in [0.25, 0.3) is 0 Å². The Morgan fingerprint density at radius 3 is 2.60 bits per heavy atom. The summed E-state index contributed by atoms with van der Waals surface area (Å²) >= 11 is 0. The van der Waals surface area contributed by atoms with Crippen molar-refractivity contribution in [3.63, 3.8) is 0 Å². The molecule has 5 nitrogen and oxygen atoms in total. The molecule has 20 heavy (non-hydrogen) atoms. The maximum atomic E-state index is 13.4. The van der Waals surface area contributed by atoms with Gasteiger partial charge in [0.05, 0.1) is 5.69 Å². The molecule has 0 radical (unpaired) electrons. The molecule has 4 N–H and O–H groups in total. The minimum absolute atomic E-state index is 0.0427. The summed E-state index contributed by atoms with van der Waals surface area (Å²) in [6, 6.07) is 4.03. The summed E-state index contributed by atoms with van der Waals surface area (Å²) in [6.07, 6.45) is 1.14. The Morgan fingerprint density at radius 2 is 2.05 bits per heavy atom. The molecule has 0 aliphatic rings. The predicted octanol–water partition coefficient (Wildman–Crippen LogP) is 2.10. The van der Waals surface area contributed by atoms with Gasteiger partial charge in [0.15, 0.2) is 0 Å². The van der Waals surface area contributed by atoms with E-state index in [1.54, 1.807) is 0 Å². The van der Waals surface area contributed by atoms with E-state index in [-0.39, 0.29) is 23.4 Å². The molecule has 1 unspecified atom stereocenters. The average molecular weight is 281 g/mol. The third-order valence-corrected chi connectivity index (χ3v) is 2.95. The number of amides is 2. The molecule has 0 fully saturated rings. The predicted molar refractivity (Wildman–Crippen MR) is 76.8 cm³/mol. The molecule has 0 saturated heterocycles. The van der Waals surface area contributed by atoms with Gasteiger partial charge in [-0.2, -0.15) is 0 Å². The van der Waals surface area contributed by atoms with Crippen LogP contribution >= 0.6 is 0 Å². The summed E-state index contributed by atoms with van der Waals surface area (Å²) in [5, 5.41) is 5.03. The van der Waals surface area contributed by atoms with Gasteiger partial charge in [-0.25, -0.2) is 4.39 Å². The largest absolute Gasteiger partial charge is 0.330 e. The second kappa shape index (κ2) is 7.59. The van der Waals surface area contributed by atoms with Crippen molar-refractivity contribution in [2.75, 3.05) is 17.2 Å². The van der Waals surface area contributed by atoms with E-state index >= 15 is 0 Å². The van der Waals surface area contributed by atoms with E-state index in [1.165, 1.54) is 25.1 Å². The summed E-state index contributed by atoms with van der Waals surface area (Å²) in [4.78, 5) is 22.8. The van der Waals surface area contributed by atoms with Crippen LogP contribution < -0.4 is 16.4 Å². The molecule has 110 valence electrons. The molecule has 0 aromatic heterocycles. The van der Waals surface area contributed by atoms with Gasteiger partial charge in [0.1, 0.15) is 5.82 Å². The van der Waals surface area contributed by atoms with Gasteiger partial charge in [0.2, 0.25) is 11.8 Å². The minimum Gasteiger partial charge on any atom is -0.330 e. The van der Waals surface area contributed by atoms with Gasteiger partial charge in [0.25, 0.3) is 0 Å². The van der Waals surface area contributed by atoms with Gasteiger partial charge < -0.3 is 16.4 Å². The molecule has 1 aromatic rings. The Balaban J connectivity index is 2.72. The topological polar surface area (TPSA) is 84.2 Å². The van der Waals surface area contributed by atoms with Crippen molar-refractivity contribution in [3.8, 4) is 0 Å². The zero-order chi connectivity index (χ0) is 15.1. The SMILES string of the molecule is CCC(CN)CC(=O)Nc1ccc(F)c(NC(C)=O)c1. The Morgan fingerprint density at radius 1 is 1.35 bits per heavy atom. The zero-order valence-electron chi connectivity index (χ0n) is 11.7. The first-order valence-corrected chi connectivity index (χ1v) is 6.53. The first-order valence-electron chi connectivity index (χ1n) is 6.53.